The van der Waals surface area contributed by atoms with Gasteiger partial charge in [-0.1, -0.05) is 0 Å². The summed E-state index contributed by atoms with van der Waals surface area (Å²) in [5, 5.41) is 11.8. The standard InChI is InChI=1S/C13H6Br2N6O3S2/c1-24-16-6-2-4(14)10-12(19-25-17-10)8(6)9-7(21(22)23)3-5(15)11-13(9)20-26-18-11/h2-3,16H,1H3. The van der Waals surface area contributed by atoms with E-state index in [9.17, 15) is 10.1 Å². The van der Waals surface area contributed by atoms with Crippen molar-refractivity contribution in [2.45, 2.75) is 0 Å². The van der Waals surface area contributed by atoms with Gasteiger partial charge in [0.2, 0.25) is 0 Å². The van der Waals surface area contributed by atoms with Gasteiger partial charge in [-0.05, 0) is 37.9 Å². The van der Waals surface area contributed by atoms with Crippen LogP contribution in [0, 0.1) is 10.1 Å². The van der Waals surface area contributed by atoms with Gasteiger partial charge < -0.3 is 0 Å². The number of benzene rings is 2. The molecule has 0 saturated heterocycles. The van der Waals surface area contributed by atoms with Crippen molar-refractivity contribution in [3.63, 3.8) is 0 Å². The molecule has 1 N–H and O–H groups in total. The number of aromatic nitrogens is 4. The number of nitro benzene ring substituents is 1. The van der Waals surface area contributed by atoms with Crippen LogP contribution >= 0.6 is 55.3 Å². The molecule has 0 saturated carbocycles. The summed E-state index contributed by atoms with van der Waals surface area (Å²) in [7, 11) is 1.46. The van der Waals surface area contributed by atoms with E-state index in [0.29, 0.717) is 47.8 Å². The summed E-state index contributed by atoms with van der Waals surface area (Å²) in [5.41, 5.74) is 5.99. The molecular formula is C13H6Br2N6O3S2. The number of anilines is 1. The second-order valence-electron chi connectivity index (χ2n) is 5.02. The molecule has 0 fully saturated rings. The average molecular weight is 518 g/mol. The number of nitro groups is 1. The first-order valence-electron chi connectivity index (χ1n) is 6.86. The SMILES string of the molecule is CONc1cc(Br)c2nsnc2c1-c1c([N+](=O)[O-])cc(Br)c2nsnc12. The predicted octanol–water partition coefficient (Wildman–Crippen LogP) is 4.77. The zero-order chi connectivity index (χ0) is 18.4. The lowest BCUT2D eigenvalue weighted by molar-refractivity contribution is -0.384. The van der Waals surface area contributed by atoms with Crippen LogP contribution in [0.5, 0.6) is 0 Å². The van der Waals surface area contributed by atoms with Crippen molar-refractivity contribution < 1.29 is 9.76 Å². The molecule has 4 rings (SSSR count). The first-order chi connectivity index (χ1) is 12.5. The third-order valence-corrected chi connectivity index (χ3v) is 5.89. The van der Waals surface area contributed by atoms with E-state index in [2.05, 4.69) is 54.8 Å². The van der Waals surface area contributed by atoms with E-state index < -0.39 is 4.92 Å². The maximum absolute atomic E-state index is 11.8. The molecule has 2 aromatic heterocycles. The van der Waals surface area contributed by atoms with E-state index >= 15 is 0 Å². The van der Waals surface area contributed by atoms with Gasteiger partial charge >= 0.3 is 0 Å². The van der Waals surface area contributed by atoms with Gasteiger partial charge in [-0.25, -0.2) is 0 Å². The number of nitrogens with zero attached hydrogens (tertiary/aromatic N) is 5. The van der Waals surface area contributed by atoms with Crippen LogP contribution in [0.15, 0.2) is 21.1 Å². The Morgan fingerprint density at radius 2 is 1.54 bits per heavy atom. The Labute approximate surface area is 170 Å². The summed E-state index contributed by atoms with van der Waals surface area (Å²) in [6.07, 6.45) is 0. The lowest BCUT2D eigenvalue weighted by atomic mass is 9.98. The third kappa shape index (κ3) is 2.66. The van der Waals surface area contributed by atoms with Crippen LogP contribution in [0.3, 0.4) is 0 Å². The van der Waals surface area contributed by atoms with E-state index in [1.165, 1.54) is 13.2 Å². The molecule has 2 aromatic carbocycles. The summed E-state index contributed by atoms with van der Waals surface area (Å²) in [5.74, 6) is 0. The van der Waals surface area contributed by atoms with Crippen LogP contribution in [-0.2, 0) is 4.84 Å². The largest absolute Gasteiger partial charge is 0.280 e. The Bertz CT molecular complexity index is 1180. The Morgan fingerprint density at radius 3 is 2.12 bits per heavy atom. The Morgan fingerprint density at radius 1 is 1.00 bits per heavy atom. The molecular weight excluding hydrogens is 512 g/mol. The van der Waals surface area contributed by atoms with Crippen LogP contribution in [0.1, 0.15) is 0 Å². The number of hydrogen-bond donors (Lipinski definition) is 1. The maximum atomic E-state index is 11.8. The van der Waals surface area contributed by atoms with Gasteiger partial charge in [0.1, 0.15) is 22.1 Å². The fourth-order valence-electron chi connectivity index (χ4n) is 2.63. The van der Waals surface area contributed by atoms with Crippen molar-refractivity contribution >= 4 is 88.8 Å². The highest BCUT2D eigenvalue weighted by atomic mass is 79.9. The van der Waals surface area contributed by atoms with Crippen molar-refractivity contribution in [1.82, 2.24) is 17.5 Å². The van der Waals surface area contributed by atoms with Crippen molar-refractivity contribution in [3.8, 4) is 11.1 Å². The summed E-state index contributed by atoms with van der Waals surface area (Å²) in [6.45, 7) is 0. The summed E-state index contributed by atoms with van der Waals surface area (Å²) in [4.78, 5) is 16.4. The molecule has 4 aromatic rings. The second kappa shape index (κ2) is 6.74. The number of fused-ring (bicyclic) bond motifs is 2. The van der Waals surface area contributed by atoms with Crippen molar-refractivity contribution in [2.24, 2.45) is 0 Å². The molecule has 0 bridgehead atoms. The van der Waals surface area contributed by atoms with Crippen molar-refractivity contribution in [1.29, 1.82) is 0 Å². The molecule has 0 aliphatic carbocycles. The number of rotatable bonds is 4. The molecule has 0 atom stereocenters. The zero-order valence-electron chi connectivity index (χ0n) is 12.7. The van der Waals surface area contributed by atoms with E-state index in [-0.39, 0.29) is 5.69 Å². The monoisotopic (exact) mass is 516 g/mol. The van der Waals surface area contributed by atoms with E-state index in [1.807, 2.05) is 0 Å². The van der Waals surface area contributed by atoms with E-state index in [0.717, 1.165) is 23.5 Å². The molecule has 9 nitrogen and oxygen atoms in total. The Balaban J connectivity index is 2.22. The van der Waals surface area contributed by atoms with E-state index in [1.54, 1.807) is 6.07 Å². The number of halogens is 2. The quantitative estimate of drug-likeness (QED) is 0.304. The van der Waals surface area contributed by atoms with Crippen LogP contribution in [0.2, 0.25) is 0 Å². The van der Waals surface area contributed by atoms with Crippen molar-refractivity contribution in [2.75, 3.05) is 12.6 Å². The topological polar surface area (TPSA) is 116 Å². The predicted molar refractivity (Wildman–Crippen MR) is 107 cm³/mol. The molecule has 0 spiro atoms. The highest BCUT2D eigenvalue weighted by molar-refractivity contribution is 9.11. The van der Waals surface area contributed by atoms with Gasteiger partial charge in [0.05, 0.1) is 51.2 Å². The van der Waals surface area contributed by atoms with Gasteiger partial charge in [0.15, 0.2) is 0 Å². The fourth-order valence-corrected chi connectivity index (χ4v) is 5.00. The maximum Gasteiger partial charge on any atom is 0.280 e. The van der Waals surface area contributed by atoms with Gasteiger partial charge in [-0.15, -0.1) is 0 Å². The zero-order valence-corrected chi connectivity index (χ0v) is 17.5. The number of hydrogen-bond acceptors (Lipinski definition) is 10. The first kappa shape index (κ1) is 17.6. The third-order valence-electron chi connectivity index (χ3n) is 3.62. The van der Waals surface area contributed by atoms with Crippen LogP contribution in [0.4, 0.5) is 11.4 Å². The lowest BCUT2D eigenvalue weighted by Crippen LogP contribution is -2.01. The minimum atomic E-state index is -0.455. The molecule has 0 aliphatic rings. The van der Waals surface area contributed by atoms with Crippen LogP contribution in [-0.4, -0.2) is 29.5 Å². The highest BCUT2D eigenvalue weighted by Gasteiger charge is 2.29. The van der Waals surface area contributed by atoms with Gasteiger partial charge in [0, 0.05) is 16.1 Å². The minimum Gasteiger partial charge on any atom is -0.279 e. The smallest absolute Gasteiger partial charge is 0.279 e. The Hall–Kier alpha value is -1.80. The molecule has 0 radical (unpaired) electrons. The summed E-state index contributed by atoms with van der Waals surface area (Å²) in [6, 6.07) is 3.16. The first-order valence-corrected chi connectivity index (χ1v) is 9.91. The van der Waals surface area contributed by atoms with E-state index in [4.69, 9.17) is 4.84 Å². The Kier molecular flexibility index (Phi) is 4.56. The lowest BCUT2D eigenvalue weighted by Gasteiger charge is -2.13. The number of nitrogens with one attached hydrogen (secondary N) is 1. The molecule has 2 heterocycles. The van der Waals surface area contributed by atoms with Gasteiger partial charge in [-0.2, -0.15) is 17.5 Å². The molecule has 0 amide bonds. The fraction of sp³-hybridized carbons (Fsp3) is 0.0769. The minimum absolute atomic E-state index is 0.118. The van der Waals surface area contributed by atoms with Crippen LogP contribution in [0.25, 0.3) is 33.2 Å². The second-order valence-corrected chi connectivity index (χ2v) is 7.79. The van der Waals surface area contributed by atoms with Crippen molar-refractivity contribution in [3.05, 3.63) is 31.2 Å². The summed E-state index contributed by atoms with van der Waals surface area (Å²) < 4.78 is 18.3. The average Bonchev–Trinajstić information content (AvgIpc) is 3.26. The van der Waals surface area contributed by atoms with Gasteiger partial charge in [0.25, 0.3) is 5.69 Å². The highest BCUT2D eigenvalue weighted by Crippen LogP contribution is 2.46. The molecule has 0 unspecified atom stereocenters. The molecule has 132 valence electrons. The molecule has 13 heteroatoms. The summed E-state index contributed by atoms with van der Waals surface area (Å²) >= 11 is 8.77. The van der Waals surface area contributed by atoms with Crippen LogP contribution < -0.4 is 5.48 Å². The molecule has 0 aliphatic heterocycles. The van der Waals surface area contributed by atoms with Gasteiger partial charge in [-0.3, -0.25) is 20.4 Å². The normalized spacial score (nSPS) is 11.3. The molecule has 26 heavy (non-hydrogen) atoms.